The zero-order valence-corrected chi connectivity index (χ0v) is 56.4. The lowest BCUT2D eigenvalue weighted by molar-refractivity contribution is -0.359. The maximum Gasteiger partial charge on any atom is 0.220 e. The third-order valence-corrected chi connectivity index (χ3v) is 17.6. The number of allylic oxidation sites excluding steroid dienone is 11. The van der Waals surface area contributed by atoms with E-state index in [1.165, 1.54) is 212 Å². The third-order valence-electron chi connectivity index (χ3n) is 17.6. The van der Waals surface area contributed by atoms with Crippen LogP contribution in [0.4, 0.5) is 0 Å². The Balaban J connectivity index is 1.61. The number of carbonyl (C=O) groups is 1. The molecule has 12 atom stereocenters. The van der Waals surface area contributed by atoms with Crippen molar-refractivity contribution in [2.24, 2.45) is 0 Å². The Morgan fingerprint density at radius 2 is 0.753 bits per heavy atom. The molecule has 0 bridgehead atoms. The van der Waals surface area contributed by atoms with E-state index in [0.29, 0.717) is 12.8 Å². The monoisotopic (exact) mass is 1260 g/mol. The molecule has 0 aromatic carbocycles. The van der Waals surface area contributed by atoms with Gasteiger partial charge in [-0.25, -0.2) is 0 Å². The molecular formula is C75H135NO13. The molecule has 2 heterocycles. The van der Waals surface area contributed by atoms with Crippen LogP contribution in [0, 0.1) is 0 Å². The molecule has 0 aliphatic carbocycles. The molecule has 89 heavy (non-hydrogen) atoms. The normalized spacial score (nSPS) is 23.4. The van der Waals surface area contributed by atoms with Gasteiger partial charge < -0.3 is 65.1 Å². The number of nitrogens with one attached hydrogen (secondary N) is 1. The minimum Gasteiger partial charge on any atom is -0.394 e. The molecule has 9 N–H and O–H groups in total. The fourth-order valence-corrected chi connectivity index (χ4v) is 11.7. The molecule has 2 aliphatic heterocycles. The summed E-state index contributed by atoms with van der Waals surface area (Å²) in [5, 5.41) is 87.4. The van der Waals surface area contributed by atoms with Crippen molar-refractivity contribution in [3.8, 4) is 0 Å². The molecule has 2 aliphatic rings. The van der Waals surface area contributed by atoms with Gasteiger partial charge in [0.05, 0.1) is 32.0 Å². The van der Waals surface area contributed by atoms with Crippen LogP contribution in [0.5, 0.6) is 0 Å². The van der Waals surface area contributed by atoms with E-state index in [1.807, 2.05) is 6.08 Å². The second kappa shape index (κ2) is 59.2. The lowest BCUT2D eigenvalue weighted by atomic mass is 9.97. The standard InChI is InChI=1S/C75H135NO13/c1-3-5-7-9-11-13-15-17-19-21-23-24-25-26-27-28-29-30-31-32-33-34-35-36-37-38-39-40-41-43-45-47-49-51-53-55-57-59-67(80)76-63(64(79)58-56-54-52-50-48-46-44-42-22-20-18-16-14-12-10-8-6-4-2)62-86-74-72(85)70(83)73(66(61-78)88-74)89-75-71(84)69(82)68(81)65(60-77)87-75/h15,17,21-23,25-26,42,48,50,56,58,63-66,68-75,77-79,81-85H,3-14,16,18-20,24,27-41,43-47,49,51-55,57,59-62H2,1-2H3,(H,76,80)/b17-15-,23-21-,26-25-,42-22+,50-48+,58-56+. The molecule has 0 aromatic rings. The van der Waals surface area contributed by atoms with Gasteiger partial charge >= 0.3 is 0 Å². The SMILES string of the molecule is CCCCCCC/C=C\C/C=C\C/C=C\CCCCCCCCCCCCCCCCCCCCCCCCC(=O)NC(COC1OC(CO)C(OC2OC(CO)C(O)C(O)C2O)C(O)C1O)C(O)/C=C/CC/C=C/CC/C=C/CCCCCCCCCC. The number of hydrogen-bond donors (Lipinski definition) is 9. The van der Waals surface area contributed by atoms with E-state index >= 15 is 0 Å². The van der Waals surface area contributed by atoms with Crippen molar-refractivity contribution >= 4 is 5.91 Å². The molecule has 2 fully saturated rings. The van der Waals surface area contributed by atoms with Crippen molar-refractivity contribution in [2.45, 2.75) is 376 Å². The Morgan fingerprint density at radius 3 is 1.18 bits per heavy atom. The number of amides is 1. The van der Waals surface area contributed by atoms with Gasteiger partial charge in [-0.15, -0.1) is 0 Å². The molecule has 0 radical (unpaired) electrons. The molecule has 14 nitrogen and oxygen atoms in total. The van der Waals surface area contributed by atoms with Gasteiger partial charge in [-0.3, -0.25) is 4.79 Å². The van der Waals surface area contributed by atoms with Crippen LogP contribution in [0.25, 0.3) is 0 Å². The zero-order chi connectivity index (χ0) is 64.5. The highest BCUT2D eigenvalue weighted by Crippen LogP contribution is 2.30. The van der Waals surface area contributed by atoms with Crippen LogP contribution in [-0.4, -0.2) is 140 Å². The van der Waals surface area contributed by atoms with Crippen molar-refractivity contribution in [2.75, 3.05) is 19.8 Å². The van der Waals surface area contributed by atoms with Gasteiger partial charge in [0.25, 0.3) is 0 Å². The van der Waals surface area contributed by atoms with E-state index in [2.05, 4.69) is 79.9 Å². The van der Waals surface area contributed by atoms with E-state index in [-0.39, 0.29) is 18.9 Å². The average molecular weight is 1260 g/mol. The van der Waals surface area contributed by atoms with Gasteiger partial charge in [-0.2, -0.15) is 0 Å². The minimum atomic E-state index is -1.79. The summed E-state index contributed by atoms with van der Waals surface area (Å²) in [6.45, 7) is 2.78. The van der Waals surface area contributed by atoms with Crippen molar-refractivity contribution in [3.05, 3.63) is 72.9 Å². The van der Waals surface area contributed by atoms with E-state index in [0.717, 1.165) is 57.8 Å². The maximum atomic E-state index is 13.3. The van der Waals surface area contributed by atoms with E-state index in [4.69, 9.17) is 18.9 Å². The highest BCUT2D eigenvalue weighted by Gasteiger charge is 2.51. The van der Waals surface area contributed by atoms with Crippen molar-refractivity contribution in [1.29, 1.82) is 0 Å². The summed E-state index contributed by atoms with van der Waals surface area (Å²) in [5.74, 6) is -0.250. The van der Waals surface area contributed by atoms with Crippen molar-refractivity contribution in [3.63, 3.8) is 0 Å². The van der Waals surface area contributed by atoms with Crippen LogP contribution < -0.4 is 5.32 Å². The number of carbonyl (C=O) groups excluding carboxylic acids is 1. The molecule has 0 spiro atoms. The summed E-state index contributed by atoms with van der Waals surface area (Å²) in [6, 6.07) is -0.940. The molecule has 0 aromatic heterocycles. The highest BCUT2D eigenvalue weighted by molar-refractivity contribution is 5.76. The van der Waals surface area contributed by atoms with Crippen LogP contribution in [0.2, 0.25) is 0 Å². The lowest BCUT2D eigenvalue weighted by Crippen LogP contribution is -2.65. The molecule has 2 rings (SSSR count). The van der Waals surface area contributed by atoms with E-state index in [9.17, 15) is 45.6 Å². The number of hydrogen-bond acceptors (Lipinski definition) is 13. The lowest BCUT2D eigenvalue weighted by Gasteiger charge is -2.46. The predicted molar refractivity (Wildman–Crippen MR) is 364 cm³/mol. The Hall–Kier alpha value is -2.57. The largest absolute Gasteiger partial charge is 0.394 e. The summed E-state index contributed by atoms with van der Waals surface area (Å²) in [7, 11) is 0. The Kier molecular flexibility index (Phi) is 54.9. The number of unbranched alkanes of at least 4 members (excludes halogenated alkanes) is 37. The van der Waals surface area contributed by atoms with Gasteiger partial charge in [-0.05, 0) is 83.5 Å². The zero-order valence-electron chi connectivity index (χ0n) is 56.4. The van der Waals surface area contributed by atoms with Gasteiger partial charge in [-0.1, -0.05) is 286 Å². The molecule has 14 heteroatoms. The molecule has 1 amide bonds. The van der Waals surface area contributed by atoms with Crippen LogP contribution in [0.1, 0.15) is 303 Å². The first-order valence-electron chi connectivity index (χ1n) is 36.7. The molecule has 2 saturated heterocycles. The molecule has 0 saturated carbocycles. The first kappa shape index (κ1) is 82.5. The maximum absolute atomic E-state index is 13.3. The van der Waals surface area contributed by atoms with Crippen molar-refractivity contribution in [1.82, 2.24) is 5.32 Å². The second-order valence-electron chi connectivity index (χ2n) is 25.7. The van der Waals surface area contributed by atoms with Gasteiger partial charge in [0.15, 0.2) is 12.6 Å². The number of rotatable bonds is 60. The highest BCUT2D eigenvalue weighted by atomic mass is 16.7. The molecule has 518 valence electrons. The molecule has 12 unspecified atom stereocenters. The van der Waals surface area contributed by atoms with E-state index < -0.39 is 86.8 Å². The molecular weight excluding hydrogens is 1120 g/mol. The van der Waals surface area contributed by atoms with Crippen LogP contribution in [0.15, 0.2) is 72.9 Å². The quantitative estimate of drug-likeness (QED) is 0.0204. The van der Waals surface area contributed by atoms with Gasteiger partial charge in [0, 0.05) is 6.42 Å². The smallest absolute Gasteiger partial charge is 0.220 e. The number of aliphatic hydroxyl groups excluding tert-OH is 8. The summed E-state index contributed by atoms with van der Waals surface area (Å²) < 4.78 is 22.8. The summed E-state index contributed by atoms with van der Waals surface area (Å²) >= 11 is 0. The first-order chi connectivity index (χ1) is 43.6. The number of ether oxygens (including phenoxy) is 4. The Bertz CT molecular complexity index is 1770. The summed E-state index contributed by atoms with van der Waals surface area (Å²) in [6.07, 6.45) is 64.1. The second-order valence-corrected chi connectivity index (χ2v) is 25.7. The van der Waals surface area contributed by atoms with E-state index in [1.54, 1.807) is 6.08 Å². The number of aliphatic hydroxyl groups is 8. The Morgan fingerprint density at radius 1 is 0.404 bits per heavy atom. The average Bonchev–Trinajstić information content (AvgIpc) is 1.44. The third kappa shape index (κ3) is 43.1. The minimum absolute atomic E-state index is 0.250. The summed E-state index contributed by atoms with van der Waals surface area (Å²) in [4.78, 5) is 13.3. The van der Waals surface area contributed by atoms with Crippen LogP contribution in [-0.2, 0) is 23.7 Å². The predicted octanol–water partition coefficient (Wildman–Crippen LogP) is 15.4. The van der Waals surface area contributed by atoms with Crippen LogP contribution in [0.3, 0.4) is 0 Å². The first-order valence-corrected chi connectivity index (χ1v) is 36.7. The van der Waals surface area contributed by atoms with Gasteiger partial charge in [0.2, 0.25) is 5.91 Å². The summed E-state index contributed by atoms with van der Waals surface area (Å²) in [5.41, 5.74) is 0. The van der Waals surface area contributed by atoms with Gasteiger partial charge in [0.1, 0.15) is 48.8 Å². The fourth-order valence-electron chi connectivity index (χ4n) is 11.7. The fraction of sp³-hybridized carbons (Fsp3) is 0.827. The van der Waals surface area contributed by atoms with Crippen molar-refractivity contribution < 1.29 is 64.6 Å². The topological polar surface area (TPSA) is 228 Å². The van der Waals surface area contributed by atoms with Crippen LogP contribution >= 0.6 is 0 Å². The Labute approximate surface area is 542 Å².